The molecule has 1 aliphatic rings. The van der Waals surface area contributed by atoms with Crippen LogP contribution in [0.25, 0.3) is 0 Å². The molecule has 230 valence electrons. The van der Waals surface area contributed by atoms with Crippen LogP contribution in [0.4, 0.5) is 28.4 Å². The first-order valence-corrected chi connectivity index (χ1v) is 14.6. The number of hydrogen-bond donors (Lipinski definition) is 1. The Labute approximate surface area is 262 Å². The van der Waals surface area contributed by atoms with Crippen molar-refractivity contribution in [2.24, 2.45) is 5.41 Å². The summed E-state index contributed by atoms with van der Waals surface area (Å²) >= 11 is 0. The maximum Gasteiger partial charge on any atom is 0.247 e. The highest BCUT2D eigenvalue weighted by Gasteiger charge is 2.52. The van der Waals surface area contributed by atoms with Crippen molar-refractivity contribution in [1.82, 2.24) is 4.98 Å². The van der Waals surface area contributed by atoms with Crippen LogP contribution in [0.15, 0.2) is 103 Å². The Morgan fingerprint density at radius 1 is 0.889 bits per heavy atom. The molecule has 1 atom stereocenters. The molecular formula is C35H35N5O5. The van der Waals surface area contributed by atoms with Gasteiger partial charge in [0.15, 0.2) is 0 Å². The van der Waals surface area contributed by atoms with Crippen molar-refractivity contribution in [2.45, 2.75) is 33.2 Å². The highest BCUT2D eigenvalue weighted by molar-refractivity contribution is 6.25. The van der Waals surface area contributed by atoms with Gasteiger partial charge >= 0.3 is 0 Å². The second-order valence-electron chi connectivity index (χ2n) is 11.2. The third-order valence-electron chi connectivity index (χ3n) is 7.71. The third kappa shape index (κ3) is 6.26. The van der Waals surface area contributed by atoms with Gasteiger partial charge in [-0.3, -0.25) is 34.0 Å². The molecule has 0 bridgehead atoms. The summed E-state index contributed by atoms with van der Waals surface area (Å²) in [5, 5.41) is 2.79. The summed E-state index contributed by atoms with van der Waals surface area (Å²) in [6, 6.07) is 25.9. The largest absolute Gasteiger partial charge is 0.497 e. The number of benzene rings is 3. The predicted octanol–water partition coefficient (Wildman–Crippen LogP) is 5.58. The minimum Gasteiger partial charge on any atom is -0.497 e. The fourth-order valence-corrected chi connectivity index (χ4v) is 5.52. The van der Waals surface area contributed by atoms with E-state index in [9.17, 15) is 19.2 Å². The predicted molar refractivity (Wildman–Crippen MR) is 174 cm³/mol. The van der Waals surface area contributed by atoms with E-state index in [-0.39, 0.29) is 18.5 Å². The maximum atomic E-state index is 14.6. The Morgan fingerprint density at radius 3 is 2.18 bits per heavy atom. The molecule has 5 rings (SSSR count). The lowest BCUT2D eigenvalue weighted by molar-refractivity contribution is -0.142. The van der Waals surface area contributed by atoms with Gasteiger partial charge in [-0.05, 0) is 81.4 Å². The Bertz CT molecular complexity index is 1690. The number of rotatable bonds is 9. The maximum absolute atomic E-state index is 14.6. The van der Waals surface area contributed by atoms with Gasteiger partial charge in [0.2, 0.25) is 23.6 Å². The number of para-hydroxylation sites is 3. The number of pyridine rings is 1. The fourth-order valence-electron chi connectivity index (χ4n) is 5.52. The molecule has 0 aliphatic carbocycles. The lowest BCUT2D eigenvalue weighted by Gasteiger charge is -2.33. The van der Waals surface area contributed by atoms with E-state index in [0.29, 0.717) is 34.2 Å². The molecule has 1 aromatic heterocycles. The number of ether oxygens (including phenoxy) is 1. The average molecular weight is 606 g/mol. The van der Waals surface area contributed by atoms with E-state index >= 15 is 0 Å². The topological polar surface area (TPSA) is 112 Å². The van der Waals surface area contributed by atoms with Gasteiger partial charge in [-0.2, -0.15) is 0 Å². The van der Waals surface area contributed by atoms with E-state index in [0.717, 1.165) is 0 Å². The molecule has 4 amide bonds. The number of aromatic nitrogens is 1. The molecule has 45 heavy (non-hydrogen) atoms. The summed E-state index contributed by atoms with van der Waals surface area (Å²) in [5.41, 5.74) is 0.461. The number of nitrogens with one attached hydrogen (secondary N) is 1. The SMILES string of the molecule is COc1ccc(N(C(=O)CN2C(=O)C(C)(CC(=O)Nc3ccccc3)C(=O)N(c3cccnc3)c3ccccc32)C(C)C)cc1. The van der Waals surface area contributed by atoms with Crippen molar-refractivity contribution in [2.75, 3.05) is 33.7 Å². The van der Waals surface area contributed by atoms with Gasteiger partial charge < -0.3 is 15.0 Å². The number of carbonyl (C=O) groups excluding carboxylic acids is 4. The first kappa shape index (κ1) is 30.9. The Balaban J connectivity index is 1.59. The van der Waals surface area contributed by atoms with Crippen LogP contribution in [0.5, 0.6) is 5.75 Å². The normalized spacial score (nSPS) is 16.2. The van der Waals surface area contributed by atoms with Crippen LogP contribution >= 0.6 is 0 Å². The van der Waals surface area contributed by atoms with Crippen LogP contribution < -0.4 is 24.8 Å². The van der Waals surface area contributed by atoms with E-state index in [1.54, 1.807) is 103 Å². The molecule has 0 fully saturated rings. The van der Waals surface area contributed by atoms with Gasteiger partial charge in [-0.15, -0.1) is 0 Å². The first-order valence-electron chi connectivity index (χ1n) is 14.6. The van der Waals surface area contributed by atoms with Gasteiger partial charge in [-0.1, -0.05) is 30.3 Å². The molecule has 1 aliphatic heterocycles. The Kier molecular flexibility index (Phi) is 8.94. The zero-order valence-corrected chi connectivity index (χ0v) is 25.6. The minimum absolute atomic E-state index is 0.250. The molecule has 0 saturated carbocycles. The number of amides is 4. The molecule has 0 radical (unpaired) electrons. The molecule has 10 heteroatoms. The quantitative estimate of drug-likeness (QED) is 0.250. The van der Waals surface area contributed by atoms with Crippen LogP contribution in [0.3, 0.4) is 0 Å². The second kappa shape index (κ2) is 13.0. The van der Waals surface area contributed by atoms with Crippen molar-refractivity contribution in [1.29, 1.82) is 0 Å². The van der Waals surface area contributed by atoms with E-state index in [2.05, 4.69) is 10.3 Å². The third-order valence-corrected chi connectivity index (χ3v) is 7.71. The van der Waals surface area contributed by atoms with Crippen LogP contribution in [-0.4, -0.2) is 48.3 Å². The first-order chi connectivity index (χ1) is 21.6. The smallest absolute Gasteiger partial charge is 0.247 e. The van der Waals surface area contributed by atoms with Gasteiger partial charge in [-0.25, -0.2) is 0 Å². The molecular weight excluding hydrogens is 570 g/mol. The molecule has 4 aromatic rings. The summed E-state index contributed by atoms with van der Waals surface area (Å²) in [7, 11) is 1.57. The van der Waals surface area contributed by atoms with Crippen LogP contribution in [-0.2, 0) is 19.2 Å². The number of hydrogen-bond acceptors (Lipinski definition) is 6. The van der Waals surface area contributed by atoms with Crippen molar-refractivity contribution in [3.05, 3.63) is 103 Å². The summed E-state index contributed by atoms with van der Waals surface area (Å²) in [6.45, 7) is 4.85. The second-order valence-corrected chi connectivity index (χ2v) is 11.2. The highest BCUT2D eigenvalue weighted by Crippen LogP contribution is 2.44. The van der Waals surface area contributed by atoms with Gasteiger partial charge in [0, 0.05) is 23.6 Å². The number of anilines is 5. The van der Waals surface area contributed by atoms with Crippen LogP contribution in [0, 0.1) is 5.41 Å². The lowest BCUT2D eigenvalue weighted by Crippen LogP contribution is -2.53. The number of carbonyl (C=O) groups is 4. The summed E-state index contributed by atoms with van der Waals surface area (Å²) in [5.74, 6) is -1.51. The summed E-state index contributed by atoms with van der Waals surface area (Å²) in [6.07, 6.45) is 2.65. The molecule has 10 nitrogen and oxygen atoms in total. The van der Waals surface area contributed by atoms with Gasteiger partial charge in [0.25, 0.3) is 0 Å². The molecule has 2 heterocycles. The Morgan fingerprint density at radius 2 is 1.56 bits per heavy atom. The zero-order valence-electron chi connectivity index (χ0n) is 25.6. The Hall–Kier alpha value is -5.51. The average Bonchev–Trinajstić information content (AvgIpc) is 3.10. The van der Waals surface area contributed by atoms with Gasteiger partial charge in [0.1, 0.15) is 17.7 Å². The number of nitrogens with zero attached hydrogens (tertiary/aromatic N) is 4. The molecule has 0 saturated heterocycles. The molecule has 3 aromatic carbocycles. The van der Waals surface area contributed by atoms with Gasteiger partial charge in [0.05, 0.1) is 36.8 Å². The van der Waals surface area contributed by atoms with E-state index in [4.69, 9.17) is 4.74 Å². The number of methoxy groups -OCH3 is 1. The van der Waals surface area contributed by atoms with Crippen molar-refractivity contribution in [3.8, 4) is 5.75 Å². The van der Waals surface area contributed by atoms with E-state index in [1.165, 1.54) is 22.9 Å². The monoisotopic (exact) mass is 605 g/mol. The fraction of sp³-hybridized carbons (Fsp3) is 0.229. The van der Waals surface area contributed by atoms with Crippen LogP contribution in [0.1, 0.15) is 27.2 Å². The standard InChI is InChI=1S/C35H35N5O5/c1-24(2)39(26-16-18-28(45-4)19-17-26)32(42)23-38-29-14-8-9-15-30(29)40(27-13-10-20-36-22-27)34(44)35(3,33(38)43)21-31(41)37-25-11-6-5-7-12-25/h5-20,22,24H,21,23H2,1-4H3,(H,37,41). The van der Waals surface area contributed by atoms with E-state index < -0.39 is 29.6 Å². The van der Waals surface area contributed by atoms with Crippen molar-refractivity contribution >= 4 is 52.1 Å². The molecule has 1 unspecified atom stereocenters. The highest BCUT2D eigenvalue weighted by atomic mass is 16.5. The summed E-state index contributed by atoms with van der Waals surface area (Å²) in [4.78, 5) is 65.2. The zero-order chi connectivity index (χ0) is 32.1. The van der Waals surface area contributed by atoms with E-state index in [1.807, 2.05) is 19.9 Å². The van der Waals surface area contributed by atoms with Crippen molar-refractivity contribution < 1.29 is 23.9 Å². The summed E-state index contributed by atoms with van der Waals surface area (Å²) < 4.78 is 5.28. The lowest BCUT2D eigenvalue weighted by atomic mass is 9.83. The number of fused-ring (bicyclic) bond motifs is 1. The minimum atomic E-state index is -1.88. The van der Waals surface area contributed by atoms with Crippen molar-refractivity contribution in [3.63, 3.8) is 0 Å². The molecule has 1 N–H and O–H groups in total. The van der Waals surface area contributed by atoms with Crippen LogP contribution in [0.2, 0.25) is 0 Å². The molecule has 0 spiro atoms.